The van der Waals surface area contributed by atoms with Crippen molar-refractivity contribution < 1.29 is 17.6 Å². The summed E-state index contributed by atoms with van der Waals surface area (Å²) in [6.07, 6.45) is -3.62. The molecule has 1 aromatic carbocycles. The van der Waals surface area contributed by atoms with Crippen LogP contribution in [0, 0.1) is 11.7 Å². The number of hydrogen-bond acceptors (Lipinski definition) is 1. The zero-order valence-electron chi connectivity index (χ0n) is 10.3. The minimum absolute atomic E-state index is 0.225. The predicted molar refractivity (Wildman–Crippen MR) is 70.1 cm³/mol. The lowest BCUT2D eigenvalue weighted by molar-refractivity contribution is -0.137. The number of piperidine rings is 1. The molecular weight excluding hydrogens is 326 g/mol. The first-order chi connectivity index (χ1) is 8.79. The molecule has 106 valence electrons. The van der Waals surface area contributed by atoms with Gasteiger partial charge in [-0.25, -0.2) is 4.39 Å². The van der Waals surface area contributed by atoms with Crippen molar-refractivity contribution in [1.29, 1.82) is 0 Å². The van der Waals surface area contributed by atoms with E-state index < -0.39 is 17.6 Å². The van der Waals surface area contributed by atoms with Gasteiger partial charge in [-0.1, -0.05) is 22.9 Å². The van der Waals surface area contributed by atoms with Gasteiger partial charge < -0.3 is 4.90 Å². The Morgan fingerprint density at radius 2 is 2.00 bits per heavy atom. The van der Waals surface area contributed by atoms with Crippen LogP contribution in [0.1, 0.15) is 18.9 Å². The molecule has 1 aliphatic rings. The van der Waals surface area contributed by atoms with Gasteiger partial charge in [0.2, 0.25) is 0 Å². The first kappa shape index (κ1) is 14.6. The lowest BCUT2D eigenvalue weighted by atomic mass is 9.98. The van der Waals surface area contributed by atoms with Crippen molar-refractivity contribution >= 4 is 21.6 Å². The zero-order chi connectivity index (χ0) is 14.2. The molecule has 19 heavy (non-hydrogen) atoms. The molecule has 1 nitrogen and oxygen atoms in total. The van der Waals surface area contributed by atoms with Gasteiger partial charge in [-0.05, 0) is 30.5 Å². The maximum atomic E-state index is 13.8. The molecule has 2 unspecified atom stereocenters. The fraction of sp³-hybridized carbons (Fsp3) is 0.538. The van der Waals surface area contributed by atoms with E-state index in [4.69, 9.17) is 0 Å². The average Bonchev–Trinajstić information content (AvgIpc) is 2.31. The van der Waals surface area contributed by atoms with Gasteiger partial charge in [0.25, 0.3) is 0 Å². The molecule has 2 rings (SSSR count). The van der Waals surface area contributed by atoms with Crippen LogP contribution in [0.5, 0.6) is 0 Å². The van der Waals surface area contributed by atoms with E-state index in [0.717, 1.165) is 12.5 Å². The Morgan fingerprint density at radius 1 is 1.32 bits per heavy atom. The summed E-state index contributed by atoms with van der Waals surface area (Å²) in [7, 11) is 0. The van der Waals surface area contributed by atoms with Gasteiger partial charge in [0.05, 0.1) is 11.3 Å². The van der Waals surface area contributed by atoms with E-state index in [0.29, 0.717) is 25.1 Å². The van der Waals surface area contributed by atoms with Crippen LogP contribution in [-0.2, 0) is 6.18 Å². The van der Waals surface area contributed by atoms with Gasteiger partial charge in [0.15, 0.2) is 0 Å². The highest BCUT2D eigenvalue weighted by Gasteiger charge is 2.32. The number of benzene rings is 1. The normalized spacial score (nSPS) is 24.6. The molecule has 0 aliphatic carbocycles. The minimum atomic E-state index is -4.51. The summed E-state index contributed by atoms with van der Waals surface area (Å²) in [5, 5.41) is 0. The number of rotatable bonds is 1. The summed E-state index contributed by atoms with van der Waals surface area (Å²) in [6, 6.07) is 2.71. The third-order valence-corrected chi connectivity index (χ3v) is 4.67. The fourth-order valence-corrected chi connectivity index (χ4v) is 2.79. The maximum Gasteiger partial charge on any atom is 0.416 e. The number of halogens is 5. The van der Waals surface area contributed by atoms with Gasteiger partial charge >= 0.3 is 6.18 Å². The van der Waals surface area contributed by atoms with E-state index in [1.165, 1.54) is 6.07 Å². The molecule has 0 amide bonds. The number of alkyl halides is 4. The monoisotopic (exact) mass is 339 g/mol. The van der Waals surface area contributed by atoms with Crippen LogP contribution in [-0.4, -0.2) is 17.9 Å². The summed E-state index contributed by atoms with van der Waals surface area (Å²) in [4.78, 5) is 2.01. The third-order valence-electron chi connectivity index (χ3n) is 3.48. The Balaban J connectivity index is 2.22. The van der Waals surface area contributed by atoms with E-state index in [2.05, 4.69) is 22.9 Å². The fourth-order valence-electron chi connectivity index (χ4n) is 2.18. The Hall–Kier alpha value is -0.780. The highest BCUT2D eigenvalue weighted by Crippen LogP contribution is 2.34. The maximum absolute atomic E-state index is 13.8. The molecule has 2 atom stereocenters. The molecule has 0 radical (unpaired) electrons. The highest BCUT2D eigenvalue weighted by atomic mass is 79.9. The van der Waals surface area contributed by atoms with Crippen molar-refractivity contribution in [3.05, 3.63) is 29.6 Å². The van der Waals surface area contributed by atoms with Crippen molar-refractivity contribution in [2.75, 3.05) is 18.0 Å². The van der Waals surface area contributed by atoms with E-state index in [1.54, 1.807) is 4.90 Å². The zero-order valence-corrected chi connectivity index (χ0v) is 11.9. The first-order valence-corrected chi connectivity index (χ1v) is 6.96. The Bertz CT molecular complexity index is 460. The number of nitrogens with zero attached hydrogens (tertiary/aromatic N) is 1. The van der Waals surface area contributed by atoms with Crippen LogP contribution < -0.4 is 4.90 Å². The van der Waals surface area contributed by atoms with E-state index >= 15 is 0 Å². The largest absolute Gasteiger partial charge is 0.416 e. The first-order valence-electron chi connectivity index (χ1n) is 6.05. The second-order valence-electron chi connectivity index (χ2n) is 4.89. The van der Waals surface area contributed by atoms with Crippen molar-refractivity contribution in [2.45, 2.75) is 24.3 Å². The average molecular weight is 340 g/mol. The molecule has 0 spiro atoms. The summed E-state index contributed by atoms with van der Waals surface area (Å²) < 4.78 is 51.2. The van der Waals surface area contributed by atoms with Gasteiger partial charge in [0.1, 0.15) is 5.82 Å². The smallest absolute Gasteiger partial charge is 0.368 e. The van der Waals surface area contributed by atoms with Gasteiger partial charge in [-0.15, -0.1) is 0 Å². The molecule has 0 bridgehead atoms. The Labute approximate surface area is 117 Å². The van der Waals surface area contributed by atoms with Crippen LogP contribution in [0.4, 0.5) is 23.2 Å². The van der Waals surface area contributed by atoms with E-state index in [9.17, 15) is 17.6 Å². The quantitative estimate of drug-likeness (QED) is 0.539. The van der Waals surface area contributed by atoms with Crippen molar-refractivity contribution in [2.24, 2.45) is 5.92 Å². The predicted octanol–water partition coefficient (Wildman–Crippen LogP) is 4.45. The summed E-state index contributed by atoms with van der Waals surface area (Å²) >= 11 is 3.52. The van der Waals surface area contributed by atoms with Crippen LogP contribution in [0.3, 0.4) is 0 Å². The van der Waals surface area contributed by atoms with Crippen molar-refractivity contribution in [1.82, 2.24) is 0 Å². The Morgan fingerprint density at radius 3 is 2.53 bits per heavy atom. The molecule has 1 saturated heterocycles. The number of anilines is 1. The van der Waals surface area contributed by atoms with Crippen LogP contribution in [0.2, 0.25) is 0 Å². The summed E-state index contributed by atoms with van der Waals surface area (Å²) in [5.41, 5.74) is -0.709. The van der Waals surface area contributed by atoms with E-state index in [-0.39, 0.29) is 10.5 Å². The summed E-state index contributed by atoms with van der Waals surface area (Å²) in [5.74, 6) is -0.335. The second kappa shape index (κ2) is 5.31. The SMILES string of the molecule is CC1CCN(c2ccc(C(F)(F)F)cc2F)CC1Br. The third kappa shape index (κ3) is 3.22. The van der Waals surface area contributed by atoms with Crippen LogP contribution in [0.25, 0.3) is 0 Å². The Kier molecular flexibility index (Phi) is 4.08. The van der Waals surface area contributed by atoms with E-state index in [1.807, 2.05) is 0 Å². The lowest BCUT2D eigenvalue weighted by Gasteiger charge is -2.36. The molecule has 0 N–H and O–H groups in total. The molecule has 6 heteroatoms. The van der Waals surface area contributed by atoms with Crippen molar-refractivity contribution in [3.63, 3.8) is 0 Å². The van der Waals surface area contributed by atoms with Gasteiger partial charge in [0, 0.05) is 17.9 Å². The molecule has 0 aromatic heterocycles. The van der Waals surface area contributed by atoms with Gasteiger partial charge in [-0.2, -0.15) is 13.2 Å². The second-order valence-corrected chi connectivity index (χ2v) is 6.07. The van der Waals surface area contributed by atoms with Crippen LogP contribution >= 0.6 is 15.9 Å². The van der Waals surface area contributed by atoms with Crippen molar-refractivity contribution in [3.8, 4) is 0 Å². The topological polar surface area (TPSA) is 3.24 Å². The van der Waals surface area contributed by atoms with Crippen LogP contribution in [0.15, 0.2) is 18.2 Å². The highest BCUT2D eigenvalue weighted by molar-refractivity contribution is 9.09. The molecule has 1 heterocycles. The summed E-state index contributed by atoms with van der Waals surface area (Å²) in [6.45, 7) is 3.36. The minimum Gasteiger partial charge on any atom is -0.368 e. The standard InChI is InChI=1S/C13H14BrF4N/c1-8-4-5-19(7-10(8)14)12-3-2-9(6-11(12)15)13(16,17)18/h2-3,6,8,10H,4-5,7H2,1H3. The van der Waals surface area contributed by atoms with Gasteiger partial charge in [-0.3, -0.25) is 0 Å². The molecule has 1 aliphatic heterocycles. The molecule has 1 aromatic rings. The molecule has 0 saturated carbocycles. The lowest BCUT2D eigenvalue weighted by Crippen LogP contribution is -2.40. The molecule has 1 fully saturated rings. The molecular formula is C13H14BrF4N. The number of hydrogen-bond donors (Lipinski definition) is 0.